The highest BCUT2D eigenvalue weighted by atomic mass is 17.2. The highest BCUT2D eigenvalue weighted by molar-refractivity contribution is 6.04. The first kappa shape index (κ1) is 28.3. The summed E-state index contributed by atoms with van der Waals surface area (Å²) < 4.78 is 0. The average molecular weight is 427 g/mol. The standard InChI is InChI=1S/C24H42O6/c1-7-11-13-17-23(15-9-3,19(5)25)21(27)29-30-22(28)24(16-10-4,20(6)26)18-14-12-8-2/h7-18H2,1-6H3. The van der Waals surface area contributed by atoms with E-state index in [2.05, 4.69) is 0 Å². The molecule has 0 aromatic carbocycles. The lowest BCUT2D eigenvalue weighted by Crippen LogP contribution is -2.43. The molecule has 0 bridgehead atoms. The zero-order valence-corrected chi connectivity index (χ0v) is 19.9. The maximum Gasteiger partial charge on any atom is 0.368 e. The van der Waals surface area contributed by atoms with Crippen molar-refractivity contribution in [2.45, 2.75) is 119 Å². The molecule has 0 aliphatic carbocycles. The van der Waals surface area contributed by atoms with E-state index >= 15 is 0 Å². The second-order valence-electron chi connectivity index (χ2n) is 8.43. The van der Waals surface area contributed by atoms with Crippen LogP contribution in [0.15, 0.2) is 0 Å². The molecule has 0 rings (SSSR count). The molecule has 174 valence electrons. The molecular formula is C24H42O6. The van der Waals surface area contributed by atoms with E-state index in [1.165, 1.54) is 13.8 Å². The molecule has 6 nitrogen and oxygen atoms in total. The summed E-state index contributed by atoms with van der Waals surface area (Å²) >= 11 is 0. The number of Topliss-reactive ketones (excluding diaryl/α,β-unsaturated/α-hetero) is 2. The van der Waals surface area contributed by atoms with E-state index in [0.29, 0.717) is 51.4 Å². The van der Waals surface area contributed by atoms with Gasteiger partial charge in [-0.1, -0.05) is 79.1 Å². The lowest BCUT2D eigenvalue weighted by molar-refractivity contribution is -0.273. The number of ketones is 2. The summed E-state index contributed by atoms with van der Waals surface area (Å²) in [7, 11) is 0. The fourth-order valence-electron chi connectivity index (χ4n) is 4.09. The summed E-state index contributed by atoms with van der Waals surface area (Å²) in [6.45, 7) is 10.6. The quantitative estimate of drug-likeness (QED) is 0.132. The largest absolute Gasteiger partial charge is 0.368 e. The summed E-state index contributed by atoms with van der Waals surface area (Å²) in [5.74, 6) is -2.22. The SMILES string of the molecule is CCCCCC(CCC)(C(C)=O)C(=O)OOC(=O)C(CCC)(CCCCC)C(C)=O. The van der Waals surface area contributed by atoms with Crippen LogP contribution in [0, 0.1) is 10.8 Å². The van der Waals surface area contributed by atoms with Gasteiger partial charge in [0.1, 0.15) is 22.4 Å². The molecule has 0 aromatic heterocycles. The summed E-state index contributed by atoms with van der Waals surface area (Å²) in [5.41, 5.74) is -2.62. The Hall–Kier alpha value is -1.72. The fraction of sp³-hybridized carbons (Fsp3) is 0.833. The molecule has 0 fully saturated rings. The van der Waals surface area contributed by atoms with Crippen molar-refractivity contribution < 1.29 is 29.0 Å². The Labute approximate surface area is 182 Å². The first-order chi connectivity index (χ1) is 14.2. The van der Waals surface area contributed by atoms with E-state index in [1.807, 2.05) is 27.7 Å². The van der Waals surface area contributed by atoms with E-state index in [9.17, 15) is 19.2 Å². The van der Waals surface area contributed by atoms with Crippen molar-refractivity contribution in [1.82, 2.24) is 0 Å². The Bertz CT molecular complexity index is 520. The van der Waals surface area contributed by atoms with Crippen LogP contribution in [0.3, 0.4) is 0 Å². The zero-order valence-electron chi connectivity index (χ0n) is 19.9. The van der Waals surface area contributed by atoms with Gasteiger partial charge in [-0.05, 0) is 39.5 Å². The van der Waals surface area contributed by atoms with Crippen molar-refractivity contribution in [1.29, 1.82) is 0 Å². The van der Waals surface area contributed by atoms with E-state index < -0.39 is 22.8 Å². The molecule has 0 saturated heterocycles. The predicted octanol–water partition coefficient (Wildman–Crippen LogP) is 5.90. The molecule has 30 heavy (non-hydrogen) atoms. The number of hydrogen-bond donors (Lipinski definition) is 0. The summed E-state index contributed by atoms with van der Waals surface area (Å²) in [6.07, 6.45) is 7.79. The molecule has 0 aliphatic heterocycles. The second kappa shape index (κ2) is 14.3. The van der Waals surface area contributed by atoms with Gasteiger partial charge in [-0.15, -0.1) is 0 Å². The third kappa shape index (κ3) is 7.51. The van der Waals surface area contributed by atoms with Crippen LogP contribution in [-0.2, 0) is 29.0 Å². The van der Waals surface area contributed by atoms with Gasteiger partial charge in [-0.3, -0.25) is 9.59 Å². The van der Waals surface area contributed by atoms with E-state index in [4.69, 9.17) is 9.78 Å². The second-order valence-corrected chi connectivity index (χ2v) is 8.43. The maximum atomic E-state index is 12.9. The minimum absolute atomic E-state index is 0.282. The number of carbonyl (C=O) groups excluding carboxylic acids is 4. The van der Waals surface area contributed by atoms with Crippen molar-refractivity contribution in [2.24, 2.45) is 10.8 Å². The number of hydrogen-bond acceptors (Lipinski definition) is 6. The molecule has 0 heterocycles. The Morgan fingerprint density at radius 3 is 1.10 bits per heavy atom. The molecule has 0 N–H and O–H groups in total. The molecule has 0 radical (unpaired) electrons. The van der Waals surface area contributed by atoms with Crippen molar-refractivity contribution >= 4 is 23.5 Å². The summed E-state index contributed by atoms with van der Waals surface area (Å²) in [5, 5.41) is 0. The van der Waals surface area contributed by atoms with Crippen LogP contribution in [0.25, 0.3) is 0 Å². The van der Waals surface area contributed by atoms with Crippen molar-refractivity contribution in [2.75, 3.05) is 0 Å². The van der Waals surface area contributed by atoms with Crippen molar-refractivity contribution in [3.63, 3.8) is 0 Å². The van der Waals surface area contributed by atoms with Crippen LogP contribution >= 0.6 is 0 Å². The van der Waals surface area contributed by atoms with Crippen LogP contribution in [0.2, 0.25) is 0 Å². The number of carbonyl (C=O) groups is 4. The zero-order chi connectivity index (χ0) is 23.2. The van der Waals surface area contributed by atoms with E-state index in [-0.39, 0.29) is 11.6 Å². The highest BCUT2D eigenvalue weighted by Crippen LogP contribution is 2.36. The predicted molar refractivity (Wildman–Crippen MR) is 117 cm³/mol. The van der Waals surface area contributed by atoms with Crippen LogP contribution in [-0.4, -0.2) is 23.5 Å². The molecule has 6 heteroatoms. The van der Waals surface area contributed by atoms with Crippen molar-refractivity contribution in [3.05, 3.63) is 0 Å². The van der Waals surface area contributed by atoms with Crippen molar-refractivity contribution in [3.8, 4) is 0 Å². The number of rotatable bonds is 16. The number of unbranched alkanes of at least 4 members (excludes halogenated alkanes) is 4. The lowest BCUT2D eigenvalue weighted by Gasteiger charge is -2.30. The van der Waals surface area contributed by atoms with Gasteiger partial charge in [0.05, 0.1) is 0 Å². The van der Waals surface area contributed by atoms with E-state index in [0.717, 1.165) is 25.7 Å². The van der Waals surface area contributed by atoms with Gasteiger partial charge in [-0.2, -0.15) is 0 Å². The minimum Gasteiger partial charge on any atom is -0.299 e. The third-order valence-corrected chi connectivity index (χ3v) is 6.09. The topological polar surface area (TPSA) is 86.7 Å². The Morgan fingerprint density at radius 1 is 0.533 bits per heavy atom. The molecule has 0 aromatic rings. The third-order valence-electron chi connectivity index (χ3n) is 6.09. The van der Waals surface area contributed by atoms with Gasteiger partial charge in [0.25, 0.3) is 0 Å². The Kier molecular flexibility index (Phi) is 13.5. The van der Waals surface area contributed by atoms with Crippen LogP contribution in [0.5, 0.6) is 0 Å². The van der Waals surface area contributed by atoms with Crippen LogP contribution < -0.4 is 0 Å². The van der Waals surface area contributed by atoms with Crippen LogP contribution in [0.4, 0.5) is 0 Å². The lowest BCUT2D eigenvalue weighted by atomic mass is 9.75. The van der Waals surface area contributed by atoms with Gasteiger partial charge in [0.2, 0.25) is 0 Å². The maximum absolute atomic E-state index is 12.9. The fourth-order valence-corrected chi connectivity index (χ4v) is 4.09. The molecule has 0 spiro atoms. The molecule has 0 aliphatic rings. The molecular weight excluding hydrogens is 384 g/mol. The normalized spacial score (nSPS) is 15.0. The molecule has 0 saturated carbocycles. The van der Waals surface area contributed by atoms with Gasteiger partial charge >= 0.3 is 11.9 Å². The first-order valence-corrected chi connectivity index (χ1v) is 11.6. The van der Waals surface area contributed by atoms with E-state index in [1.54, 1.807) is 0 Å². The summed E-state index contributed by atoms with van der Waals surface area (Å²) in [4.78, 5) is 60.6. The van der Waals surface area contributed by atoms with Gasteiger partial charge < -0.3 is 0 Å². The summed E-state index contributed by atoms with van der Waals surface area (Å²) in [6, 6.07) is 0. The van der Waals surface area contributed by atoms with Gasteiger partial charge in [0.15, 0.2) is 0 Å². The minimum atomic E-state index is -1.31. The average Bonchev–Trinajstić information content (AvgIpc) is 2.70. The molecule has 0 amide bonds. The molecule has 2 unspecified atom stereocenters. The Morgan fingerprint density at radius 2 is 0.867 bits per heavy atom. The monoisotopic (exact) mass is 426 g/mol. The van der Waals surface area contributed by atoms with Gasteiger partial charge in [0, 0.05) is 0 Å². The van der Waals surface area contributed by atoms with Gasteiger partial charge in [-0.25, -0.2) is 19.4 Å². The van der Waals surface area contributed by atoms with Crippen LogP contribution in [0.1, 0.15) is 119 Å². The molecule has 2 atom stereocenters. The Balaban J connectivity index is 5.51. The smallest absolute Gasteiger partial charge is 0.299 e. The highest BCUT2D eigenvalue weighted by Gasteiger charge is 2.48. The first-order valence-electron chi connectivity index (χ1n) is 11.6.